The van der Waals surface area contributed by atoms with Gasteiger partial charge in [-0.3, -0.25) is 0 Å². The van der Waals surface area contributed by atoms with Crippen molar-refractivity contribution in [2.45, 2.75) is 25.8 Å². The van der Waals surface area contributed by atoms with Gasteiger partial charge in [-0.05, 0) is 20.0 Å². The second-order valence-electron chi connectivity index (χ2n) is 3.77. The molecule has 0 aliphatic carbocycles. The molecule has 1 atom stereocenters. The van der Waals surface area contributed by atoms with E-state index >= 15 is 0 Å². The van der Waals surface area contributed by atoms with E-state index in [1.54, 1.807) is 0 Å². The molecule has 76 valence electrons. The highest BCUT2D eigenvalue weighted by Crippen LogP contribution is 2.11. The Balaban J connectivity index is 2.35. The molecular formula is C10H20N2O. The first-order chi connectivity index (χ1) is 6.27. The molecule has 0 N–H and O–H groups in total. The molecule has 1 heterocycles. The summed E-state index contributed by atoms with van der Waals surface area (Å²) in [6, 6.07) is 0.582. The van der Waals surface area contributed by atoms with Crippen molar-refractivity contribution in [3.8, 4) is 0 Å². The molecule has 1 unspecified atom stereocenters. The van der Waals surface area contributed by atoms with Crippen molar-refractivity contribution in [2.75, 3.05) is 33.2 Å². The number of carbonyl (C=O) groups excluding carboxylic acids is 1. The number of hydrogen-bond acceptors (Lipinski definition) is 3. The zero-order valence-corrected chi connectivity index (χ0v) is 8.70. The second kappa shape index (κ2) is 5.35. The third-order valence-electron chi connectivity index (χ3n) is 2.93. The van der Waals surface area contributed by atoms with Gasteiger partial charge in [0.25, 0.3) is 0 Å². The molecule has 0 aromatic carbocycles. The molecule has 0 radical (unpaired) electrons. The fourth-order valence-electron chi connectivity index (χ4n) is 1.87. The van der Waals surface area contributed by atoms with E-state index < -0.39 is 0 Å². The van der Waals surface area contributed by atoms with Gasteiger partial charge in [0.1, 0.15) is 6.29 Å². The summed E-state index contributed by atoms with van der Waals surface area (Å²) in [7, 11) is 2.16. The van der Waals surface area contributed by atoms with Crippen molar-refractivity contribution in [2.24, 2.45) is 0 Å². The van der Waals surface area contributed by atoms with Gasteiger partial charge < -0.3 is 14.6 Å². The largest absolute Gasteiger partial charge is 0.303 e. The molecule has 3 nitrogen and oxygen atoms in total. The minimum Gasteiger partial charge on any atom is -0.303 e. The van der Waals surface area contributed by atoms with Crippen LogP contribution in [0.5, 0.6) is 0 Å². The number of nitrogens with zero attached hydrogens (tertiary/aromatic N) is 2. The van der Waals surface area contributed by atoms with E-state index in [-0.39, 0.29) is 0 Å². The van der Waals surface area contributed by atoms with E-state index in [1.165, 1.54) is 6.54 Å². The number of aldehydes is 1. The lowest BCUT2D eigenvalue weighted by atomic mass is 10.1. The SMILES string of the molecule is CCN1CCN(C)C(CCC=O)C1. The minimum atomic E-state index is 0.582. The summed E-state index contributed by atoms with van der Waals surface area (Å²) >= 11 is 0. The van der Waals surface area contributed by atoms with Gasteiger partial charge in [0.15, 0.2) is 0 Å². The van der Waals surface area contributed by atoms with Crippen LogP contribution >= 0.6 is 0 Å². The quantitative estimate of drug-likeness (QED) is 0.598. The van der Waals surface area contributed by atoms with Crippen LogP contribution < -0.4 is 0 Å². The van der Waals surface area contributed by atoms with Gasteiger partial charge in [-0.25, -0.2) is 0 Å². The summed E-state index contributed by atoms with van der Waals surface area (Å²) in [6.45, 7) is 6.76. The summed E-state index contributed by atoms with van der Waals surface area (Å²) < 4.78 is 0. The molecule has 0 saturated carbocycles. The van der Waals surface area contributed by atoms with E-state index in [1.807, 2.05) is 0 Å². The van der Waals surface area contributed by atoms with Gasteiger partial charge in [-0.15, -0.1) is 0 Å². The maximum Gasteiger partial charge on any atom is 0.120 e. The van der Waals surface area contributed by atoms with Crippen molar-refractivity contribution >= 4 is 6.29 Å². The fourth-order valence-corrected chi connectivity index (χ4v) is 1.87. The molecular weight excluding hydrogens is 164 g/mol. The van der Waals surface area contributed by atoms with Crippen molar-refractivity contribution in [1.29, 1.82) is 0 Å². The van der Waals surface area contributed by atoms with Crippen LogP contribution in [-0.2, 0) is 4.79 Å². The molecule has 0 aromatic rings. The predicted octanol–water partition coefficient (Wildman–Crippen LogP) is 0.601. The zero-order valence-electron chi connectivity index (χ0n) is 8.70. The molecule has 0 aromatic heterocycles. The van der Waals surface area contributed by atoms with Gasteiger partial charge in [0, 0.05) is 32.1 Å². The van der Waals surface area contributed by atoms with Gasteiger partial charge >= 0.3 is 0 Å². The molecule has 0 spiro atoms. The Morgan fingerprint density at radius 1 is 1.46 bits per heavy atom. The molecule has 1 rings (SSSR count). The van der Waals surface area contributed by atoms with Crippen LogP contribution in [0.3, 0.4) is 0 Å². The van der Waals surface area contributed by atoms with E-state index in [0.717, 1.165) is 32.3 Å². The third kappa shape index (κ3) is 3.08. The van der Waals surface area contributed by atoms with Crippen LogP contribution in [0.25, 0.3) is 0 Å². The number of rotatable bonds is 4. The normalized spacial score (nSPS) is 26.2. The number of likely N-dealkylation sites (N-methyl/N-ethyl adjacent to an activating group) is 2. The maximum atomic E-state index is 10.3. The molecule has 13 heavy (non-hydrogen) atoms. The Hall–Kier alpha value is -0.410. The molecule has 0 bridgehead atoms. The summed E-state index contributed by atoms with van der Waals surface area (Å²) in [5.74, 6) is 0. The molecule has 1 aliphatic rings. The van der Waals surface area contributed by atoms with Gasteiger partial charge in [0.05, 0.1) is 0 Å². The highest BCUT2D eigenvalue weighted by Gasteiger charge is 2.22. The van der Waals surface area contributed by atoms with Crippen molar-refractivity contribution < 1.29 is 4.79 Å². The Morgan fingerprint density at radius 2 is 2.23 bits per heavy atom. The second-order valence-corrected chi connectivity index (χ2v) is 3.77. The Kier molecular flexibility index (Phi) is 4.39. The topological polar surface area (TPSA) is 23.6 Å². The lowest BCUT2D eigenvalue weighted by molar-refractivity contribution is -0.108. The average molecular weight is 184 g/mol. The third-order valence-corrected chi connectivity index (χ3v) is 2.93. The Morgan fingerprint density at radius 3 is 2.85 bits per heavy atom. The summed E-state index contributed by atoms with van der Waals surface area (Å²) in [5, 5.41) is 0. The summed E-state index contributed by atoms with van der Waals surface area (Å²) in [6.07, 6.45) is 2.74. The van der Waals surface area contributed by atoms with Gasteiger partial charge in [-0.2, -0.15) is 0 Å². The first kappa shape index (κ1) is 10.7. The van der Waals surface area contributed by atoms with Crippen LogP contribution in [0.2, 0.25) is 0 Å². The molecule has 1 fully saturated rings. The van der Waals surface area contributed by atoms with Crippen molar-refractivity contribution in [3.05, 3.63) is 0 Å². The number of hydrogen-bond donors (Lipinski definition) is 0. The highest BCUT2D eigenvalue weighted by molar-refractivity contribution is 5.49. The minimum absolute atomic E-state index is 0.582. The number of carbonyl (C=O) groups is 1. The average Bonchev–Trinajstić information content (AvgIpc) is 2.17. The lowest BCUT2D eigenvalue weighted by Gasteiger charge is -2.38. The monoisotopic (exact) mass is 184 g/mol. The van der Waals surface area contributed by atoms with Crippen LogP contribution in [0.1, 0.15) is 19.8 Å². The lowest BCUT2D eigenvalue weighted by Crippen LogP contribution is -2.51. The van der Waals surface area contributed by atoms with Crippen LogP contribution in [0, 0.1) is 0 Å². The summed E-state index contributed by atoms with van der Waals surface area (Å²) in [5.41, 5.74) is 0. The molecule has 1 aliphatic heterocycles. The molecule has 1 saturated heterocycles. The van der Waals surface area contributed by atoms with Gasteiger partial charge in [0.2, 0.25) is 0 Å². The molecule has 0 amide bonds. The van der Waals surface area contributed by atoms with Crippen LogP contribution in [0.4, 0.5) is 0 Å². The smallest absolute Gasteiger partial charge is 0.120 e. The van der Waals surface area contributed by atoms with Crippen molar-refractivity contribution in [1.82, 2.24) is 9.80 Å². The van der Waals surface area contributed by atoms with Crippen LogP contribution in [0.15, 0.2) is 0 Å². The van der Waals surface area contributed by atoms with Crippen LogP contribution in [-0.4, -0.2) is 55.4 Å². The highest BCUT2D eigenvalue weighted by atomic mass is 16.1. The van der Waals surface area contributed by atoms with Crippen molar-refractivity contribution in [3.63, 3.8) is 0 Å². The first-order valence-electron chi connectivity index (χ1n) is 5.14. The van der Waals surface area contributed by atoms with E-state index in [2.05, 4.69) is 23.8 Å². The predicted molar refractivity (Wildman–Crippen MR) is 53.8 cm³/mol. The first-order valence-corrected chi connectivity index (χ1v) is 5.14. The number of piperazine rings is 1. The Labute approximate surface area is 80.7 Å². The van der Waals surface area contributed by atoms with Gasteiger partial charge in [-0.1, -0.05) is 6.92 Å². The van der Waals surface area contributed by atoms with E-state index in [4.69, 9.17) is 0 Å². The zero-order chi connectivity index (χ0) is 9.68. The Bertz CT molecular complexity index is 161. The van der Waals surface area contributed by atoms with E-state index in [0.29, 0.717) is 12.5 Å². The standard InChI is InChI=1S/C10H20N2O/c1-3-12-7-6-11(2)10(9-12)5-4-8-13/h8,10H,3-7,9H2,1-2H3. The maximum absolute atomic E-state index is 10.3. The molecule has 3 heteroatoms. The fraction of sp³-hybridized carbons (Fsp3) is 0.900. The summed E-state index contributed by atoms with van der Waals surface area (Å²) in [4.78, 5) is 15.1. The van der Waals surface area contributed by atoms with E-state index in [9.17, 15) is 4.79 Å².